The van der Waals surface area contributed by atoms with E-state index in [-0.39, 0.29) is 10.8 Å². The molecule has 1 heterocycles. The van der Waals surface area contributed by atoms with Crippen LogP contribution in [0.2, 0.25) is 0 Å². The van der Waals surface area contributed by atoms with Crippen molar-refractivity contribution in [1.29, 1.82) is 0 Å². The van der Waals surface area contributed by atoms with Gasteiger partial charge in [-0.1, -0.05) is 39.4 Å². The Bertz CT molecular complexity index is 1190. The lowest BCUT2D eigenvalue weighted by Crippen LogP contribution is -2.16. The zero-order chi connectivity index (χ0) is 18.9. The Morgan fingerprint density at radius 3 is 2.73 bits per heavy atom. The SMILES string of the molecule is C=CCn1c(=NC(=O)c2cccc(Br)c2)sc2cc(S(C)(=O)=O)ccc21. The highest BCUT2D eigenvalue weighted by atomic mass is 79.9. The van der Waals surface area contributed by atoms with E-state index in [9.17, 15) is 13.2 Å². The van der Waals surface area contributed by atoms with Crippen LogP contribution < -0.4 is 4.80 Å². The molecule has 3 aromatic rings. The van der Waals surface area contributed by atoms with Gasteiger partial charge in [-0.2, -0.15) is 4.99 Å². The van der Waals surface area contributed by atoms with Crippen molar-refractivity contribution < 1.29 is 13.2 Å². The number of sulfone groups is 1. The van der Waals surface area contributed by atoms with Crippen LogP contribution in [0.4, 0.5) is 0 Å². The molecule has 1 amide bonds. The van der Waals surface area contributed by atoms with E-state index in [2.05, 4.69) is 27.5 Å². The first-order valence-electron chi connectivity index (χ1n) is 7.58. The van der Waals surface area contributed by atoms with Crippen LogP contribution in [0.3, 0.4) is 0 Å². The first kappa shape index (κ1) is 18.8. The van der Waals surface area contributed by atoms with E-state index < -0.39 is 9.84 Å². The number of benzene rings is 2. The van der Waals surface area contributed by atoms with E-state index in [1.807, 2.05) is 10.6 Å². The monoisotopic (exact) mass is 450 g/mol. The van der Waals surface area contributed by atoms with Gasteiger partial charge < -0.3 is 4.57 Å². The average Bonchev–Trinajstić information content (AvgIpc) is 2.91. The van der Waals surface area contributed by atoms with Crippen molar-refractivity contribution >= 4 is 53.2 Å². The summed E-state index contributed by atoms with van der Waals surface area (Å²) in [7, 11) is -3.31. The fraction of sp³-hybridized carbons (Fsp3) is 0.111. The van der Waals surface area contributed by atoms with Crippen LogP contribution in [0.5, 0.6) is 0 Å². The van der Waals surface area contributed by atoms with Crippen LogP contribution in [0.25, 0.3) is 10.2 Å². The van der Waals surface area contributed by atoms with Crippen LogP contribution in [0.15, 0.2) is 69.5 Å². The number of hydrogen-bond acceptors (Lipinski definition) is 4. The van der Waals surface area contributed by atoms with E-state index in [1.54, 1.807) is 42.5 Å². The van der Waals surface area contributed by atoms with Crippen LogP contribution >= 0.6 is 27.3 Å². The van der Waals surface area contributed by atoms with Gasteiger partial charge in [-0.3, -0.25) is 4.79 Å². The standard InChI is InChI=1S/C18H15BrN2O3S2/c1-3-9-21-15-8-7-14(26(2,23)24)11-16(15)25-18(21)20-17(22)12-5-4-6-13(19)10-12/h3-8,10-11H,1,9H2,2H3. The molecule has 0 fully saturated rings. The van der Waals surface area contributed by atoms with Gasteiger partial charge in [-0.25, -0.2) is 8.42 Å². The first-order valence-corrected chi connectivity index (χ1v) is 11.1. The minimum Gasteiger partial charge on any atom is -0.312 e. The molecule has 0 aliphatic rings. The third kappa shape index (κ3) is 3.87. The zero-order valence-corrected chi connectivity index (χ0v) is 17.1. The highest BCUT2D eigenvalue weighted by Crippen LogP contribution is 2.22. The van der Waals surface area contributed by atoms with E-state index in [0.717, 1.165) is 14.7 Å². The third-order valence-corrected chi connectivity index (χ3v) is 6.31. The van der Waals surface area contributed by atoms with Gasteiger partial charge in [0.05, 0.1) is 15.1 Å². The lowest BCUT2D eigenvalue weighted by Gasteiger charge is -2.02. The third-order valence-electron chi connectivity index (χ3n) is 3.66. The van der Waals surface area contributed by atoms with Gasteiger partial charge in [0, 0.05) is 22.8 Å². The molecule has 1 aromatic heterocycles. The molecule has 0 radical (unpaired) electrons. The summed E-state index contributed by atoms with van der Waals surface area (Å²) in [5.41, 5.74) is 1.28. The van der Waals surface area contributed by atoms with Crippen molar-refractivity contribution in [2.24, 2.45) is 4.99 Å². The second kappa shape index (κ2) is 7.30. The van der Waals surface area contributed by atoms with Crippen molar-refractivity contribution in [2.75, 3.05) is 6.26 Å². The fourth-order valence-electron chi connectivity index (χ4n) is 2.45. The van der Waals surface area contributed by atoms with E-state index in [0.29, 0.717) is 16.9 Å². The second-order valence-electron chi connectivity index (χ2n) is 5.61. The van der Waals surface area contributed by atoms with Gasteiger partial charge in [0.1, 0.15) is 0 Å². The molecule has 0 saturated heterocycles. The summed E-state index contributed by atoms with van der Waals surface area (Å²) in [6.07, 6.45) is 2.88. The first-order chi connectivity index (χ1) is 12.3. The van der Waals surface area contributed by atoms with E-state index >= 15 is 0 Å². The predicted molar refractivity (Wildman–Crippen MR) is 107 cm³/mol. The van der Waals surface area contributed by atoms with Gasteiger partial charge in [0.15, 0.2) is 14.6 Å². The highest BCUT2D eigenvalue weighted by molar-refractivity contribution is 9.10. The summed E-state index contributed by atoms with van der Waals surface area (Å²) in [5.74, 6) is -0.362. The lowest BCUT2D eigenvalue weighted by molar-refractivity contribution is 0.0998. The Morgan fingerprint density at radius 1 is 1.31 bits per heavy atom. The zero-order valence-electron chi connectivity index (χ0n) is 13.8. The molecule has 0 spiro atoms. The number of carbonyl (C=O) groups excluding carboxylic acids is 1. The minimum absolute atomic E-state index is 0.238. The Labute approximate surface area is 163 Å². The molecule has 0 atom stereocenters. The molecular formula is C18H15BrN2O3S2. The maximum atomic E-state index is 12.5. The molecule has 26 heavy (non-hydrogen) atoms. The van der Waals surface area contributed by atoms with Crippen LogP contribution in [0, 0.1) is 0 Å². The number of fused-ring (bicyclic) bond motifs is 1. The van der Waals surface area contributed by atoms with Crippen molar-refractivity contribution in [2.45, 2.75) is 11.4 Å². The van der Waals surface area contributed by atoms with Gasteiger partial charge >= 0.3 is 0 Å². The Kier molecular flexibility index (Phi) is 5.27. The molecule has 8 heteroatoms. The Hall–Kier alpha value is -2.03. The number of halogens is 1. The second-order valence-corrected chi connectivity index (χ2v) is 9.55. The molecule has 5 nitrogen and oxygen atoms in total. The predicted octanol–water partition coefficient (Wildman–Crippen LogP) is 3.80. The van der Waals surface area contributed by atoms with Gasteiger partial charge in [0.2, 0.25) is 0 Å². The summed E-state index contributed by atoms with van der Waals surface area (Å²) in [6.45, 7) is 4.21. The number of rotatable bonds is 4. The maximum absolute atomic E-state index is 12.5. The summed E-state index contributed by atoms with van der Waals surface area (Å²) in [6, 6.07) is 11.9. The molecule has 0 saturated carbocycles. The lowest BCUT2D eigenvalue weighted by atomic mass is 10.2. The van der Waals surface area contributed by atoms with Gasteiger partial charge in [-0.05, 0) is 36.4 Å². The average molecular weight is 451 g/mol. The Morgan fingerprint density at radius 2 is 2.08 bits per heavy atom. The molecule has 0 aliphatic heterocycles. The molecule has 2 aromatic carbocycles. The number of allylic oxidation sites excluding steroid dienone is 1. The number of carbonyl (C=O) groups is 1. The molecular weight excluding hydrogens is 436 g/mol. The molecule has 3 rings (SSSR count). The van der Waals surface area contributed by atoms with Gasteiger partial charge in [0.25, 0.3) is 5.91 Å². The normalized spacial score (nSPS) is 12.5. The van der Waals surface area contributed by atoms with Crippen LogP contribution in [-0.4, -0.2) is 25.1 Å². The summed E-state index contributed by atoms with van der Waals surface area (Å²) < 4.78 is 27.0. The molecule has 0 unspecified atom stereocenters. The molecule has 134 valence electrons. The number of thiazole rings is 1. The van der Waals surface area contributed by atoms with Crippen LogP contribution in [-0.2, 0) is 16.4 Å². The minimum atomic E-state index is -3.31. The van der Waals surface area contributed by atoms with E-state index in [4.69, 9.17) is 0 Å². The largest absolute Gasteiger partial charge is 0.312 e. The van der Waals surface area contributed by atoms with E-state index in [1.165, 1.54) is 17.6 Å². The number of hydrogen-bond donors (Lipinski definition) is 0. The van der Waals surface area contributed by atoms with Crippen molar-refractivity contribution in [3.05, 3.63) is 70.0 Å². The maximum Gasteiger partial charge on any atom is 0.279 e. The Balaban J connectivity index is 2.19. The summed E-state index contributed by atoms with van der Waals surface area (Å²) in [5, 5.41) is 0. The topological polar surface area (TPSA) is 68.5 Å². The fourth-order valence-corrected chi connectivity index (χ4v) is 4.65. The van der Waals surface area contributed by atoms with Crippen molar-refractivity contribution in [3.63, 3.8) is 0 Å². The number of nitrogens with zero attached hydrogens (tertiary/aromatic N) is 2. The van der Waals surface area contributed by atoms with Crippen LogP contribution in [0.1, 0.15) is 10.4 Å². The summed E-state index contributed by atoms with van der Waals surface area (Å²) >= 11 is 4.62. The quantitative estimate of drug-likeness (QED) is 0.567. The van der Waals surface area contributed by atoms with Crippen molar-refractivity contribution in [1.82, 2.24) is 4.57 Å². The molecule has 0 aliphatic carbocycles. The van der Waals surface area contributed by atoms with Crippen molar-refractivity contribution in [3.8, 4) is 0 Å². The molecule has 0 N–H and O–H groups in total. The molecule has 0 bridgehead atoms. The number of aromatic nitrogens is 1. The summed E-state index contributed by atoms with van der Waals surface area (Å²) in [4.78, 5) is 17.5. The smallest absolute Gasteiger partial charge is 0.279 e. The number of amides is 1. The highest BCUT2D eigenvalue weighted by Gasteiger charge is 2.13. The van der Waals surface area contributed by atoms with Gasteiger partial charge in [-0.15, -0.1) is 6.58 Å².